The molecule has 0 aromatic heterocycles. The van der Waals surface area contributed by atoms with Crippen LogP contribution in [0.3, 0.4) is 0 Å². The molecule has 0 fully saturated rings. The minimum Gasteiger partial charge on any atom is -0.352 e. The summed E-state index contributed by atoms with van der Waals surface area (Å²) in [6.07, 6.45) is 0. The van der Waals surface area contributed by atoms with E-state index in [1.54, 1.807) is 6.92 Å². The molecule has 0 aliphatic heterocycles. The van der Waals surface area contributed by atoms with Crippen molar-refractivity contribution in [2.24, 2.45) is 0 Å². The molecule has 0 spiro atoms. The first-order valence-electron chi connectivity index (χ1n) is 6.27. The molecule has 21 heavy (non-hydrogen) atoms. The van der Waals surface area contributed by atoms with E-state index in [9.17, 15) is 19.7 Å². The summed E-state index contributed by atoms with van der Waals surface area (Å²) in [4.78, 5) is 33.7. The largest absolute Gasteiger partial charge is 0.352 e. The minimum atomic E-state index is -0.728. The molecule has 0 saturated carbocycles. The van der Waals surface area contributed by atoms with Crippen LogP contribution in [0.4, 0.5) is 5.69 Å². The van der Waals surface area contributed by atoms with E-state index in [2.05, 4.69) is 10.6 Å². The number of nitro groups is 1. The Labute approximate surface area is 126 Å². The molecule has 114 valence electrons. The lowest BCUT2D eigenvalue weighted by atomic mass is 10.1. The topological polar surface area (TPSA) is 101 Å². The molecule has 1 aromatic carbocycles. The van der Waals surface area contributed by atoms with Gasteiger partial charge in [0.25, 0.3) is 11.6 Å². The van der Waals surface area contributed by atoms with E-state index >= 15 is 0 Å². The standard InChI is InChI=1S/C13H16ClN3O4/c1-7(2)15-12(18)8(3)16-13(19)9-4-5-11(17(20)21)10(14)6-9/h4-8H,1-3H3,(H,15,18)(H,16,19). The number of nitro benzene ring substituents is 1. The highest BCUT2D eigenvalue weighted by Gasteiger charge is 2.19. The van der Waals surface area contributed by atoms with Gasteiger partial charge in [-0.15, -0.1) is 0 Å². The van der Waals surface area contributed by atoms with Crippen molar-refractivity contribution in [1.29, 1.82) is 0 Å². The Kier molecular flexibility index (Phi) is 5.66. The molecule has 1 rings (SSSR count). The number of nitrogens with zero attached hydrogens (tertiary/aromatic N) is 1. The molecule has 0 saturated heterocycles. The first-order chi connectivity index (χ1) is 9.72. The van der Waals surface area contributed by atoms with E-state index < -0.39 is 16.9 Å². The lowest BCUT2D eigenvalue weighted by molar-refractivity contribution is -0.384. The Morgan fingerprint density at radius 3 is 2.33 bits per heavy atom. The maximum atomic E-state index is 12.0. The van der Waals surface area contributed by atoms with Gasteiger partial charge >= 0.3 is 0 Å². The van der Waals surface area contributed by atoms with Crippen molar-refractivity contribution in [1.82, 2.24) is 10.6 Å². The van der Waals surface area contributed by atoms with Crippen LogP contribution in [-0.4, -0.2) is 28.8 Å². The number of amides is 2. The fourth-order valence-corrected chi connectivity index (χ4v) is 1.80. The molecule has 0 aliphatic carbocycles. The van der Waals surface area contributed by atoms with Gasteiger partial charge in [-0.1, -0.05) is 11.6 Å². The Balaban J connectivity index is 2.78. The average molecular weight is 314 g/mol. The lowest BCUT2D eigenvalue weighted by Crippen LogP contribution is -2.46. The van der Waals surface area contributed by atoms with Gasteiger partial charge in [0.2, 0.25) is 5.91 Å². The van der Waals surface area contributed by atoms with Crippen molar-refractivity contribution in [2.45, 2.75) is 32.9 Å². The van der Waals surface area contributed by atoms with Crippen molar-refractivity contribution in [3.63, 3.8) is 0 Å². The van der Waals surface area contributed by atoms with Crippen LogP contribution in [0.2, 0.25) is 5.02 Å². The smallest absolute Gasteiger partial charge is 0.287 e. The summed E-state index contributed by atoms with van der Waals surface area (Å²) in [6.45, 7) is 5.16. The first kappa shape index (κ1) is 16.9. The van der Waals surface area contributed by atoms with Crippen LogP contribution in [0.1, 0.15) is 31.1 Å². The predicted molar refractivity (Wildman–Crippen MR) is 78.3 cm³/mol. The molecular formula is C13H16ClN3O4. The van der Waals surface area contributed by atoms with Gasteiger partial charge in [0.15, 0.2) is 0 Å². The van der Waals surface area contributed by atoms with Crippen molar-refractivity contribution >= 4 is 29.1 Å². The minimum absolute atomic E-state index is 0.0364. The summed E-state index contributed by atoms with van der Waals surface area (Å²) in [6, 6.07) is 2.87. The zero-order valence-electron chi connectivity index (χ0n) is 11.8. The third-order valence-corrected chi connectivity index (χ3v) is 2.88. The fraction of sp³-hybridized carbons (Fsp3) is 0.385. The van der Waals surface area contributed by atoms with Gasteiger partial charge in [-0.25, -0.2) is 0 Å². The Hall–Kier alpha value is -2.15. The number of carbonyl (C=O) groups is 2. The molecule has 7 nitrogen and oxygen atoms in total. The van der Waals surface area contributed by atoms with Crippen LogP contribution in [0.15, 0.2) is 18.2 Å². The normalized spacial score (nSPS) is 11.9. The molecule has 0 radical (unpaired) electrons. The predicted octanol–water partition coefficient (Wildman–Crippen LogP) is 1.89. The summed E-state index contributed by atoms with van der Waals surface area (Å²) in [5.74, 6) is -0.843. The second kappa shape index (κ2) is 7.03. The molecule has 0 heterocycles. The number of halogens is 1. The Morgan fingerprint density at radius 1 is 1.24 bits per heavy atom. The molecule has 1 aromatic rings. The van der Waals surface area contributed by atoms with Gasteiger partial charge in [0.1, 0.15) is 11.1 Å². The number of benzene rings is 1. The van der Waals surface area contributed by atoms with E-state index in [1.165, 1.54) is 12.1 Å². The molecule has 1 unspecified atom stereocenters. The summed E-state index contributed by atoms with van der Waals surface area (Å²) >= 11 is 5.74. The highest BCUT2D eigenvalue weighted by atomic mass is 35.5. The lowest BCUT2D eigenvalue weighted by Gasteiger charge is -2.16. The van der Waals surface area contributed by atoms with Crippen LogP contribution in [0.5, 0.6) is 0 Å². The quantitative estimate of drug-likeness (QED) is 0.640. The van der Waals surface area contributed by atoms with E-state index in [0.717, 1.165) is 6.07 Å². The van der Waals surface area contributed by atoms with Gasteiger partial charge in [0.05, 0.1) is 4.92 Å². The van der Waals surface area contributed by atoms with Crippen molar-refractivity contribution in [3.05, 3.63) is 38.9 Å². The molecule has 0 aliphatic rings. The maximum absolute atomic E-state index is 12.0. The van der Waals surface area contributed by atoms with Crippen molar-refractivity contribution < 1.29 is 14.5 Å². The van der Waals surface area contributed by atoms with Gasteiger partial charge in [-0.2, -0.15) is 0 Å². The Morgan fingerprint density at radius 2 is 1.86 bits per heavy atom. The van der Waals surface area contributed by atoms with Crippen molar-refractivity contribution in [2.75, 3.05) is 0 Å². The summed E-state index contributed by atoms with van der Waals surface area (Å²) in [7, 11) is 0. The van der Waals surface area contributed by atoms with Gasteiger partial charge < -0.3 is 10.6 Å². The monoisotopic (exact) mass is 313 g/mol. The molecule has 2 N–H and O–H groups in total. The van der Waals surface area contributed by atoms with Crippen LogP contribution in [0.25, 0.3) is 0 Å². The number of rotatable bonds is 5. The molecule has 0 bridgehead atoms. The zero-order chi connectivity index (χ0) is 16.2. The van der Waals surface area contributed by atoms with Crippen LogP contribution >= 0.6 is 11.6 Å². The van der Waals surface area contributed by atoms with E-state index in [1.807, 2.05) is 13.8 Å². The number of nitrogens with one attached hydrogen (secondary N) is 2. The number of hydrogen-bond donors (Lipinski definition) is 2. The summed E-state index contributed by atoms with van der Waals surface area (Å²) in [5.41, 5.74) is -0.131. The second-order valence-corrected chi connectivity index (χ2v) is 5.19. The van der Waals surface area contributed by atoms with Crippen LogP contribution < -0.4 is 10.6 Å². The fourth-order valence-electron chi connectivity index (χ4n) is 1.55. The summed E-state index contributed by atoms with van der Waals surface area (Å²) < 4.78 is 0. The molecule has 8 heteroatoms. The van der Waals surface area contributed by atoms with Crippen LogP contribution in [-0.2, 0) is 4.79 Å². The first-order valence-corrected chi connectivity index (χ1v) is 6.65. The maximum Gasteiger partial charge on any atom is 0.287 e. The Bertz CT molecular complexity index is 575. The average Bonchev–Trinajstić information content (AvgIpc) is 2.36. The second-order valence-electron chi connectivity index (χ2n) is 4.78. The highest BCUT2D eigenvalue weighted by Crippen LogP contribution is 2.24. The van der Waals surface area contributed by atoms with E-state index in [4.69, 9.17) is 11.6 Å². The van der Waals surface area contributed by atoms with Crippen molar-refractivity contribution in [3.8, 4) is 0 Å². The SMILES string of the molecule is CC(C)NC(=O)C(C)NC(=O)c1ccc([N+](=O)[O-])c(Cl)c1. The molecule has 1 atom stereocenters. The van der Waals surface area contributed by atoms with E-state index in [-0.39, 0.29) is 28.2 Å². The summed E-state index contributed by atoms with van der Waals surface area (Å²) in [5, 5.41) is 15.7. The zero-order valence-corrected chi connectivity index (χ0v) is 12.6. The highest BCUT2D eigenvalue weighted by molar-refractivity contribution is 6.33. The van der Waals surface area contributed by atoms with Gasteiger partial charge in [-0.05, 0) is 32.9 Å². The molecule has 2 amide bonds. The van der Waals surface area contributed by atoms with E-state index in [0.29, 0.717) is 0 Å². The van der Waals surface area contributed by atoms with Gasteiger partial charge in [-0.3, -0.25) is 19.7 Å². The third-order valence-electron chi connectivity index (χ3n) is 2.58. The molecular weight excluding hydrogens is 298 g/mol. The third kappa shape index (κ3) is 4.71. The van der Waals surface area contributed by atoms with Crippen LogP contribution in [0, 0.1) is 10.1 Å². The number of hydrogen-bond acceptors (Lipinski definition) is 4. The number of carbonyl (C=O) groups excluding carboxylic acids is 2. The van der Waals surface area contributed by atoms with Gasteiger partial charge in [0, 0.05) is 17.7 Å².